The zero-order valence-corrected chi connectivity index (χ0v) is 81.4. The van der Waals surface area contributed by atoms with Crippen molar-refractivity contribution in [3.8, 4) is 56.3 Å². The fraction of sp³-hybridized carbons (Fsp3) is 0.307. The molecule has 20 heterocycles. The molecule has 23 rings (SSSR count). The molecule has 0 bridgehead atoms. The number of halogens is 1. The number of carbonyl (C=O) groups is 5. The quantitative estimate of drug-likeness (QED) is 0.0284. The number of aryl methyl sites for hydroxylation is 1. The van der Waals surface area contributed by atoms with E-state index in [9.17, 15) is 28.4 Å². The lowest BCUT2D eigenvalue weighted by Crippen LogP contribution is -2.39. The second-order valence-corrected chi connectivity index (χ2v) is 36.9. The van der Waals surface area contributed by atoms with E-state index in [0.29, 0.717) is 74.5 Å². The minimum atomic E-state index is -0.971. The van der Waals surface area contributed by atoms with Gasteiger partial charge in [0.25, 0.3) is 29.5 Å². The molecule has 0 aliphatic heterocycles. The molecule has 2 atom stereocenters. The largest absolute Gasteiger partial charge is 0.373 e. The van der Waals surface area contributed by atoms with E-state index >= 15 is 0 Å². The molecular formula is C101H110FN35O5. The fourth-order valence-electron chi connectivity index (χ4n) is 17.6. The highest BCUT2D eigenvalue weighted by molar-refractivity contribution is 6.06. The van der Waals surface area contributed by atoms with E-state index in [2.05, 4.69) is 227 Å². The normalized spacial score (nSPS) is 14.1. The van der Waals surface area contributed by atoms with Crippen LogP contribution in [0.5, 0.6) is 0 Å². The fourth-order valence-corrected chi connectivity index (χ4v) is 17.6. The molecular weight excluding hydrogens is 1800 g/mol. The number of rotatable bonds is 23. The first-order valence-electron chi connectivity index (χ1n) is 47.3. The topological polar surface area (TPSA) is 474 Å². The summed E-state index contributed by atoms with van der Waals surface area (Å²) in [7, 11) is 9.06. The minimum Gasteiger partial charge on any atom is -0.373 e. The molecule has 3 aliphatic rings. The zero-order chi connectivity index (χ0) is 99.7. The smallest absolute Gasteiger partial charge is 0.257 e. The summed E-state index contributed by atoms with van der Waals surface area (Å²) in [6, 6.07) is 28.9. The van der Waals surface area contributed by atoms with Gasteiger partial charge < -0.3 is 76.8 Å². The zero-order valence-electron chi connectivity index (χ0n) is 81.4. The van der Waals surface area contributed by atoms with Crippen molar-refractivity contribution in [1.29, 1.82) is 0 Å². The number of hydrogen-bond donors (Lipinski definition) is 10. The highest BCUT2D eigenvalue weighted by Crippen LogP contribution is 2.41. The molecule has 0 aromatic carbocycles. The lowest BCUT2D eigenvalue weighted by molar-refractivity contribution is 0.0914. The highest BCUT2D eigenvalue weighted by atomic mass is 19.1. The molecule has 20 aromatic heterocycles. The van der Waals surface area contributed by atoms with E-state index in [4.69, 9.17) is 31.4 Å². The van der Waals surface area contributed by atoms with Crippen molar-refractivity contribution >= 4 is 142 Å². The van der Waals surface area contributed by atoms with E-state index in [0.717, 1.165) is 149 Å². The highest BCUT2D eigenvalue weighted by Gasteiger charge is 2.40. The molecule has 726 valence electrons. The second kappa shape index (κ2) is 38.3. The van der Waals surface area contributed by atoms with Gasteiger partial charge in [0.05, 0.1) is 65.5 Å². The van der Waals surface area contributed by atoms with Crippen molar-refractivity contribution in [2.75, 3.05) is 61.8 Å². The van der Waals surface area contributed by atoms with Crippen LogP contribution in [0.1, 0.15) is 195 Å². The number of fused-ring (bicyclic) bond motifs is 10. The van der Waals surface area contributed by atoms with Gasteiger partial charge in [-0.3, -0.25) is 24.0 Å². The maximum Gasteiger partial charge on any atom is 0.257 e. The molecule has 0 radical (unpaired) electrons. The maximum atomic E-state index is 13.2. The van der Waals surface area contributed by atoms with Crippen LogP contribution in [0.15, 0.2) is 178 Å². The predicted octanol–water partition coefficient (Wildman–Crippen LogP) is 15.4. The molecule has 12 N–H and O–H groups in total. The number of anilines is 5. The lowest BCUT2D eigenvalue weighted by Gasteiger charge is -2.26. The Hall–Kier alpha value is -17.2. The van der Waals surface area contributed by atoms with Gasteiger partial charge in [-0.25, -0.2) is 54.2 Å². The molecule has 0 unspecified atom stereocenters. The number of nitrogens with zero attached hydrogens (tertiary/aromatic N) is 25. The average Bonchev–Trinajstić information content (AvgIpc) is 1.71. The Bertz CT molecular complexity index is 8120. The number of aromatic nitrogens is 25. The van der Waals surface area contributed by atoms with Crippen LogP contribution >= 0.6 is 0 Å². The van der Waals surface area contributed by atoms with Crippen LogP contribution in [0.2, 0.25) is 0 Å². The molecule has 5 amide bonds. The molecule has 40 nitrogen and oxygen atoms in total. The van der Waals surface area contributed by atoms with Crippen LogP contribution in [0.3, 0.4) is 0 Å². The Balaban J connectivity index is 0.000000113. The van der Waals surface area contributed by atoms with E-state index < -0.39 is 24.0 Å². The summed E-state index contributed by atoms with van der Waals surface area (Å²) < 4.78 is 32.0. The average molecular weight is 1910 g/mol. The van der Waals surface area contributed by atoms with Gasteiger partial charge in [0.15, 0.2) is 28.2 Å². The van der Waals surface area contributed by atoms with Gasteiger partial charge in [0.2, 0.25) is 0 Å². The molecule has 20 aromatic rings. The van der Waals surface area contributed by atoms with E-state index in [1.165, 1.54) is 25.0 Å². The third kappa shape index (κ3) is 17.6. The summed E-state index contributed by atoms with van der Waals surface area (Å²) in [4.78, 5) is 108. The van der Waals surface area contributed by atoms with Crippen LogP contribution in [0.25, 0.3) is 140 Å². The summed E-state index contributed by atoms with van der Waals surface area (Å²) in [6.45, 7) is 23.2. The number of alkyl halides is 1. The summed E-state index contributed by atoms with van der Waals surface area (Å²) >= 11 is 0. The third-order valence-corrected chi connectivity index (χ3v) is 25.6. The maximum absolute atomic E-state index is 13.2. The van der Waals surface area contributed by atoms with Crippen molar-refractivity contribution in [3.05, 3.63) is 211 Å². The summed E-state index contributed by atoms with van der Waals surface area (Å²) in [5, 5.41) is 51.1. The second-order valence-electron chi connectivity index (χ2n) is 36.9. The summed E-state index contributed by atoms with van der Waals surface area (Å²) in [6.07, 6.45) is 31.6. The molecule has 41 heteroatoms. The van der Waals surface area contributed by atoms with E-state index in [1.54, 1.807) is 80.9 Å². The Kier molecular flexibility index (Phi) is 25.3. The van der Waals surface area contributed by atoms with Gasteiger partial charge in [0.1, 0.15) is 91.3 Å². The minimum absolute atomic E-state index is 0.118. The van der Waals surface area contributed by atoms with Crippen LogP contribution in [0.4, 0.5) is 33.5 Å². The van der Waals surface area contributed by atoms with Crippen LogP contribution in [0, 0.1) is 6.92 Å². The standard InChI is InChI=1S/C22H25N7O.C21H22FN7O.C21H23N7O.C19H21N7O.C18H19N7O/c1-13(2)28-12-17(15-8-5-9-24-20(15)28)18-10-19(23-3)29-21(27-18)16(11-25-29)22(30)26-14-6-4-7-14;1-11(2)28-10-14(12-5-4-6-24-19(12)28)16-8-18(23-3)29-20(26-16)13(9-25-29)21(30)27-17-7-15(17)22;1-12(2)27-11-16(14-5-4-8-23-19(14)27)17-9-18(22-3)28-20(26-17)15(10-24-28)21(29)25-13-6-7-13;1-10(2)25-9-14(12-5-11(3)7-22-18(12)25)15-6-16(21-4)26-19(24-15)13(8-23-26)17(20)27;1-10(2)24-9-13(11-5-4-6-21-17(11)24)14-7-15(20-3)25-18(23-14)12(8-22-25)16(19)26/h5,8-14,23H,4,6-7H2,1-3H3,(H,26,30);4-6,8-11,15,17,23H,7H2,1-3H3,(H,27,30);4-5,8-13,22H,6-7H2,1-3H3,(H,25,29);5-10,21H,1-4H3,(H2,20,27);4-10,20H,1-3H3,(H2,19,26)/t;15-,17+;;;/m.1.../s1. The van der Waals surface area contributed by atoms with Crippen molar-refractivity contribution in [1.82, 2.24) is 137 Å². The Morgan fingerprint density at radius 2 is 0.592 bits per heavy atom. The van der Waals surface area contributed by atoms with Crippen molar-refractivity contribution in [2.24, 2.45) is 11.5 Å². The number of carbonyl (C=O) groups excluding carboxylic acids is 5. The Morgan fingerprint density at radius 1 is 0.338 bits per heavy atom. The van der Waals surface area contributed by atoms with Crippen molar-refractivity contribution in [3.63, 3.8) is 0 Å². The van der Waals surface area contributed by atoms with E-state index in [1.807, 2.05) is 106 Å². The van der Waals surface area contributed by atoms with Gasteiger partial charge in [-0.2, -0.15) is 48.1 Å². The van der Waals surface area contributed by atoms with Gasteiger partial charge in [0, 0.05) is 231 Å². The number of primary amides is 2. The lowest BCUT2D eigenvalue weighted by atomic mass is 9.93. The summed E-state index contributed by atoms with van der Waals surface area (Å²) in [5.41, 5.74) is 29.3. The van der Waals surface area contributed by atoms with Gasteiger partial charge in [-0.05, 0) is 168 Å². The third-order valence-electron chi connectivity index (χ3n) is 25.6. The SMILES string of the molecule is CNc1cc(-c2cn(C(C)C)c3ncc(C)cc23)nc2c(C(N)=O)cnn12.CNc1cc(-c2cn(C(C)C)c3ncccc23)nc2c(C(=O)NC3CC3)cnn12.CNc1cc(-c2cn(C(C)C)c3ncccc23)nc2c(C(=O)NC3CCC3)cnn12.CNc1cc(-c2cn(C(C)C)c3ncccc23)nc2c(C(=O)N[C@H]3C[C@H]3F)cnn12.CNc1cc(-c2cn(C(C)C)c3ncccc23)nc2c(C(N)=O)cnn12. The first-order valence-corrected chi connectivity index (χ1v) is 47.3. The van der Waals surface area contributed by atoms with Gasteiger partial charge >= 0.3 is 0 Å². The predicted molar refractivity (Wildman–Crippen MR) is 546 cm³/mol. The molecule has 142 heavy (non-hydrogen) atoms. The molecule has 0 spiro atoms. The summed E-state index contributed by atoms with van der Waals surface area (Å²) in [5.74, 6) is 1.94. The van der Waals surface area contributed by atoms with Gasteiger partial charge in [-0.15, -0.1) is 0 Å². The monoisotopic (exact) mass is 1910 g/mol. The van der Waals surface area contributed by atoms with Crippen molar-refractivity contribution in [2.45, 2.75) is 169 Å². The number of hydrogen-bond acceptors (Lipinski definition) is 25. The first kappa shape index (κ1) is 93.8. The van der Waals surface area contributed by atoms with Gasteiger partial charge in [-0.1, -0.05) is 0 Å². The number of nitrogens with one attached hydrogen (secondary N) is 8. The number of amides is 5. The van der Waals surface area contributed by atoms with Crippen molar-refractivity contribution < 1.29 is 28.4 Å². The van der Waals surface area contributed by atoms with Crippen LogP contribution < -0.4 is 54.0 Å². The Morgan fingerprint density at radius 3 is 0.838 bits per heavy atom. The van der Waals surface area contributed by atoms with E-state index in [-0.39, 0.29) is 71.1 Å². The molecule has 3 saturated carbocycles. The molecule has 3 fully saturated rings. The van der Waals surface area contributed by atoms with Crippen LogP contribution in [-0.4, -0.2) is 210 Å². The number of nitrogens with two attached hydrogens (primary N) is 2. The molecule has 0 saturated heterocycles. The first-order chi connectivity index (χ1) is 68.5. The Labute approximate surface area is 812 Å². The molecule has 3 aliphatic carbocycles. The number of pyridine rings is 5. The van der Waals surface area contributed by atoms with Crippen LogP contribution in [-0.2, 0) is 0 Å².